The second kappa shape index (κ2) is 8.29. The minimum atomic E-state index is -0.554. The van der Waals surface area contributed by atoms with Crippen molar-refractivity contribution < 1.29 is 14.3 Å². The first kappa shape index (κ1) is 16.2. The molecule has 0 aliphatic heterocycles. The van der Waals surface area contributed by atoms with Gasteiger partial charge in [0.25, 0.3) is 0 Å². The highest BCUT2D eigenvalue weighted by Gasteiger charge is 2.05. The van der Waals surface area contributed by atoms with Crippen molar-refractivity contribution in [3.05, 3.63) is 53.6 Å². The van der Waals surface area contributed by atoms with Gasteiger partial charge in [-0.15, -0.1) is 0 Å². The molecular formula is C17H18ClNO3. The van der Waals surface area contributed by atoms with Crippen LogP contribution in [0.2, 0.25) is 5.02 Å². The van der Waals surface area contributed by atoms with E-state index < -0.39 is 6.09 Å². The largest absolute Gasteiger partial charge is 0.494 e. The molecule has 4 nitrogen and oxygen atoms in total. The molecule has 2 rings (SSSR count). The smallest absolute Gasteiger partial charge is 0.417 e. The van der Waals surface area contributed by atoms with Gasteiger partial charge in [-0.2, -0.15) is 0 Å². The van der Waals surface area contributed by atoms with Gasteiger partial charge in [0.1, 0.15) is 11.5 Å². The summed E-state index contributed by atoms with van der Waals surface area (Å²) in [4.78, 5) is 11.8. The van der Waals surface area contributed by atoms with E-state index in [1.807, 2.05) is 12.1 Å². The summed E-state index contributed by atoms with van der Waals surface area (Å²) in [6, 6.07) is 13.7. The van der Waals surface area contributed by atoms with Crippen LogP contribution in [-0.2, 0) is 0 Å². The molecule has 0 aliphatic rings. The molecule has 0 bridgehead atoms. The average Bonchev–Trinajstić information content (AvgIpc) is 2.51. The van der Waals surface area contributed by atoms with E-state index in [4.69, 9.17) is 21.1 Å². The Labute approximate surface area is 135 Å². The van der Waals surface area contributed by atoms with Crippen LogP contribution < -0.4 is 14.8 Å². The van der Waals surface area contributed by atoms with Crippen LogP contribution in [0, 0.1) is 0 Å². The normalized spacial score (nSPS) is 10.1. The molecule has 0 unspecified atom stereocenters. The summed E-state index contributed by atoms with van der Waals surface area (Å²) in [5, 5.41) is 3.24. The fourth-order valence-electron chi connectivity index (χ4n) is 1.72. The maximum absolute atomic E-state index is 11.8. The van der Waals surface area contributed by atoms with Crippen LogP contribution in [0.3, 0.4) is 0 Å². The number of hydrogen-bond acceptors (Lipinski definition) is 3. The van der Waals surface area contributed by atoms with Crippen molar-refractivity contribution in [3.8, 4) is 11.5 Å². The predicted molar refractivity (Wildman–Crippen MR) is 87.9 cm³/mol. The molecule has 0 saturated heterocycles. The van der Waals surface area contributed by atoms with Gasteiger partial charge in [0.05, 0.1) is 6.61 Å². The molecule has 0 fully saturated rings. The molecular weight excluding hydrogens is 302 g/mol. The van der Waals surface area contributed by atoms with Crippen LogP contribution in [0.4, 0.5) is 10.5 Å². The summed E-state index contributed by atoms with van der Waals surface area (Å²) in [5.74, 6) is 1.21. The van der Waals surface area contributed by atoms with Crippen molar-refractivity contribution in [3.63, 3.8) is 0 Å². The highest BCUT2D eigenvalue weighted by atomic mass is 35.5. The number of carbonyl (C=O) groups excluding carboxylic acids is 1. The summed E-state index contributed by atoms with van der Waals surface area (Å²) < 4.78 is 10.7. The summed E-state index contributed by atoms with van der Waals surface area (Å²) in [5.41, 5.74) is 0.641. The fourth-order valence-corrected chi connectivity index (χ4v) is 1.85. The number of amides is 1. The van der Waals surface area contributed by atoms with E-state index in [2.05, 4.69) is 12.2 Å². The van der Waals surface area contributed by atoms with Crippen molar-refractivity contribution in [1.29, 1.82) is 0 Å². The van der Waals surface area contributed by atoms with Gasteiger partial charge in [-0.3, -0.25) is 5.32 Å². The molecule has 0 atom stereocenters. The lowest BCUT2D eigenvalue weighted by Crippen LogP contribution is -2.16. The molecule has 2 aromatic rings. The molecule has 0 saturated carbocycles. The molecule has 2 aromatic carbocycles. The zero-order valence-electron chi connectivity index (χ0n) is 12.3. The summed E-state index contributed by atoms with van der Waals surface area (Å²) in [7, 11) is 0. The minimum absolute atomic E-state index is 0.432. The molecule has 0 aliphatic carbocycles. The van der Waals surface area contributed by atoms with Gasteiger partial charge in [-0.1, -0.05) is 24.9 Å². The third-order valence-electron chi connectivity index (χ3n) is 2.89. The standard InChI is InChI=1S/C17H18ClNO3/c1-2-3-12-21-15-10-6-14(7-11-15)19-17(20)22-16-8-4-13(18)5-9-16/h4-11H,2-3,12H2,1H3,(H,19,20). The van der Waals surface area contributed by atoms with Gasteiger partial charge < -0.3 is 9.47 Å². The SMILES string of the molecule is CCCCOc1ccc(NC(=O)Oc2ccc(Cl)cc2)cc1. The Balaban J connectivity index is 1.84. The third kappa shape index (κ3) is 5.30. The number of halogens is 1. The van der Waals surface area contributed by atoms with E-state index >= 15 is 0 Å². The number of unbranched alkanes of at least 4 members (excludes halogenated alkanes) is 1. The lowest BCUT2D eigenvalue weighted by Gasteiger charge is -2.08. The topological polar surface area (TPSA) is 47.6 Å². The molecule has 1 N–H and O–H groups in total. The van der Waals surface area contributed by atoms with E-state index in [9.17, 15) is 4.79 Å². The molecule has 1 amide bonds. The van der Waals surface area contributed by atoms with Crippen LogP contribution in [0.5, 0.6) is 11.5 Å². The van der Waals surface area contributed by atoms with E-state index in [0.29, 0.717) is 23.1 Å². The van der Waals surface area contributed by atoms with Gasteiger partial charge in [-0.25, -0.2) is 4.79 Å². The molecule has 5 heteroatoms. The van der Waals surface area contributed by atoms with Crippen molar-refractivity contribution in [2.45, 2.75) is 19.8 Å². The predicted octanol–water partition coefficient (Wildman–Crippen LogP) is 5.13. The van der Waals surface area contributed by atoms with Crippen molar-refractivity contribution in [2.75, 3.05) is 11.9 Å². The molecule has 0 aromatic heterocycles. The van der Waals surface area contributed by atoms with Crippen LogP contribution >= 0.6 is 11.6 Å². The lowest BCUT2D eigenvalue weighted by atomic mass is 10.3. The van der Waals surface area contributed by atoms with Gasteiger partial charge in [-0.05, 0) is 55.0 Å². The van der Waals surface area contributed by atoms with Gasteiger partial charge in [0.15, 0.2) is 0 Å². The molecule has 22 heavy (non-hydrogen) atoms. The van der Waals surface area contributed by atoms with Crippen molar-refractivity contribution >= 4 is 23.4 Å². The number of anilines is 1. The van der Waals surface area contributed by atoms with Crippen LogP contribution in [0.1, 0.15) is 19.8 Å². The Morgan fingerprint density at radius 1 is 1.05 bits per heavy atom. The Morgan fingerprint density at radius 2 is 1.68 bits per heavy atom. The zero-order valence-corrected chi connectivity index (χ0v) is 13.1. The number of benzene rings is 2. The lowest BCUT2D eigenvalue weighted by molar-refractivity contribution is 0.215. The monoisotopic (exact) mass is 319 g/mol. The van der Waals surface area contributed by atoms with Crippen molar-refractivity contribution in [1.82, 2.24) is 0 Å². The van der Waals surface area contributed by atoms with E-state index in [0.717, 1.165) is 18.6 Å². The Kier molecular flexibility index (Phi) is 6.10. The van der Waals surface area contributed by atoms with Crippen LogP contribution in [-0.4, -0.2) is 12.7 Å². The molecule has 0 radical (unpaired) electrons. The highest BCUT2D eigenvalue weighted by molar-refractivity contribution is 6.30. The summed E-state index contributed by atoms with van der Waals surface area (Å²) >= 11 is 5.77. The Morgan fingerprint density at radius 3 is 2.32 bits per heavy atom. The Hall–Kier alpha value is -2.20. The van der Waals surface area contributed by atoms with E-state index in [1.54, 1.807) is 36.4 Å². The number of hydrogen-bond donors (Lipinski definition) is 1. The van der Waals surface area contributed by atoms with Gasteiger partial charge in [0.2, 0.25) is 0 Å². The first-order valence-electron chi connectivity index (χ1n) is 7.14. The second-order valence-corrected chi connectivity index (χ2v) is 5.13. The van der Waals surface area contributed by atoms with E-state index in [-0.39, 0.29) is 0 Å². The van der Waals surface area contributed by atoms with Gasteiger partial charge >= 0.3 is 6.09 Å². The van der Waals surface area contributed by atoms with Gasteiger partial charge in [0, 0.05) is 10.7 Å². The zero-order chi connectivity index (χ0) is 15.8. The minimum Gasteiger partial charge on any atom is -0.494 e. The fraction of sp³-hybridized carbons (Fsp3) is 0.235. The quantitative estimate of drug-likeness (QED) is 0.751. The highest BCUT2D eigenvalue weighted by Crippen LogP contribution is 2.18. The number of nitrogens with one attached hydrogen (secondary N) is 1. The van der Waals surface area contributed by atoms with E-state index in [1.165, 1.54) is 0 Å². The summed E-state index contributed by atoms with van der Waals surface area (Å²) in [6.07, 6.45) is 1.56. The number of ether oxygens (including phenoxy) is 2. The maximum atomic E-state index is 11.8. The number of carbonyl (C=O) groups is 1. The van der Waals surface area contributed by atoms with Crippen LogP contribution in [0.15, 0.2) is 48.5 Å². The molecule has 0 heterocycles. The Bertz CT molecular complexity index is 596. The average molecular weight is 320 g/mol. The summed E-state index contributed by atoms with van der Waals surface area (Å²) in [6.45, 7) is 2.81. The second-order valence-electron chi connectivity index (χ2n) is 4.69. The molecule has 0 spiro atoms. The number of rotatable bonds is 6. The first-order chi connectivity index (χ1) is 10.7. The van der Waals surface area contributed by atoms with Crippen molar-refractivity contribution in [2.24, 2.45) is 0 Å². The van der Waals surface area contributed by atoms with Crippen LogP contribution in [0.25, 0.3) is 0 Å². The first-order valence-corrected chi connectivity index (χ1v) is 7.52. The third-order valence-corrected chi connectivity index (χ3v) is 3.14. The molecule has 116 valence electrons. The maximum Gasteiger partial charge on any atom is 0.417 e.